The maximum absolute atomic E-state index is 4.69. The van der Waals surface area contributed by atoms with Crippen LogP contribution in [0.2, 0.25) is 0 Å². The zero-order chi connectivity index (χ0) is 14.2. The quantitative estimate of drug-likeness (QED) is 0.773. The van der Waals surface area contributed by atoms with Gasteiger partial charge in [0.1, 0.15) is 5.65 Å². The van der Waals surface area contributed by atoms with Gasteiger partial charge < -0.3 is 9.88 Å². The van der Waals surface area contributed by atoms with E-state index in [1.165, 1.54) is 34.7 Å². The van der Waals surface area contributed by atoms with E-state index in [0.717, 1.165) is 18.7 Å². The summed E-state index contributed by atoms with van der Waals surface area (Å²) in [6.45, 7) is 6.11. The lowest BCUT2D eigenvalue weighted by Crippen LogP contribution is -2.31. The highest BCUT2D eigenvalue weighted by Crippen LogP contribution is 2.34. The number of hydrogen-bond acceptors (Lipinski definition) is 2. The van der Waals surface area contributed by atoms with E-state index in [1.54, 1.807) is 0 Å². The van der Waals surface area contributed by atoms with Crippen LogP contribution in [0.1, 0.15) is 24.4 Å². The predicted octanol–water partition coefficient (Wildman–Crippen LogP) is 3.76. The Morgan fingerprint density at radius 2 is 2.19 bits per heavy atom. The molecule has 1 saturated heterocycles. The van der Waals surface area contributed by atoms with E-state index in [-0.39, 0.29) is 0 Å². The predicted molar refractivity (Wildman–Crippen MR) is 88.5 cm³/mol. The molecule has 0 radical (unpaired) electrons. The highest BCUT2D eigenvalue weighted by atomic mass is 15.1. The van der Waals surface area contributed by atoms with Crippen molar-refractivity contribution in [1.29, 1.82) is 0 Å². The molecule has 1 aliphatic rings. The minimum Gasteiger partial charge on any atom is -0.321 e. The van der Waals surface area contributed by atoms with E-state index in [2.05, 4.69) is 45.7 Å². The molecule has 3 heteroatoms. The molecular formula is C18H19N3. The van der Waals surface area contributed by atoms with Crippen molar-refractivity contribution in [3.63, 3.8) is 0 Å². The van der Waals surface area contributed by atoms with Crippen LogP contribution >= 0.6 is 0 Å². The average molecular weight is 277 g/mol. The van der Waals surface area contributed by atoms with Crippen LogP contribution in [0.25, 0.3) is 28.0 Å². The second-order valence-corrected chi connectivity index (χ2v) is 5.69. The van der Waals surface area contributed by atoms with E-state index in [0.29, 0.717) is 6.04 Å². The molecule has 2 aromatic heterocycles. The van der Waals surface area contributed by atoms with E-state index in [1.807, 2.05) is 18.3 Å². The Morgan fingerprint density at radius 1 is 1.29 bits per heavy atom. The number of fused-ring (bicyclic) bond motifs is 3. The maximum Gasteiger partial charge on any atom is 0.141 e. The third-order valence-corrected chi connectivity index (χ3v) is 4.48. The number of piperidine rings is 1. The van der Waals surface area contributed by atoms with Crippen molar-refractivity contribution < 1.29 is 0 Å². The van der Waals surface area contributed by atoms with Gasteiger partial charge in [-0.05, 0) is 37.1 Å². The van der Waals surface area contributed by atoms with Crippen LogP contribution < -0.4 is 5.32 Å². The molecule has 106 valence electrons. The molecular weight excluding hydrogens is 258 g/mol. The molecule has 3 nitrogen and oxygen atoms in total. The first-order valence-electron chi connectivity index (χ1n) is 7.61. The van der Waals surface area contributed by atoms with Crippen LogP contribution in [0.4, 0.5) is 0 Å². The average Bonchev–Trinajstić information content (AvgIpc) is 2.90. The second kappa shape index (κ2) is 5.01. The van der Waals surface area contributed by atoms with Gasteiger partial charge in [-0.25, -0.2) is 4.98 Å². The van der Waals surface area contributed by atoms with Gasteiger partial charge in [0.15, 0.2) is 0 Å². The highest BCUT2D eigenvalue weighted by molar-refractivity contribution is 6.10. The third kappa shape index (κ3) is 1.88. The Labute approximate surface area is 124 Å². The zero-order valence-corrected chi connectivity index (χ0v) is 12.0. The van der Waals surface area contributed by atoms with Crippen molar-refractivity contribution in [3.8, 4) is 0 Å². The number of aromatic nitrogens is 2. The Morgan fingerprint density at radius 3 is 3.00 bits per heavy atom. The fourth-order valence-corrected chi connectivity index (χ4v) is 3.53. The fraction of sp³-hybridized carbons (Fsp3) is 0.278. The first-order chi connectivity index (χ1) is 10.4. The Kier molecular flexibility index (Phi) is 3.00. The summed E-state index contributed by atoms with van der Waals surface area (Å²) >= 11 is 0. The SMILES string of the molecule is C=Cc1ccnc2c1c1ccccc1n2C1CCCNC1. The van der Waals surface area contributed by atoms with Crippen molar-refractivity contribution in [3.05, 3.63) is 48.7 Å². The lowest BCUT2D eigenvalue weighted by atomic mass is 10.1. The lowest BCUT2D eigenvalue weighted by Gasteiger charge is -2.25. The Hall–Kier alpha value is -2.13. The van der Waals surface area contributed by atoms with Crippen LogP contribution in [-0.4, -0.2) is 22.6 Å². The standard InChI is InChI=1S/C18H19N3/c1-2-13-9-11-20-18-17(13)15-7-3-4-8-16(15)21(18)14-6-5-10-19-12-14/h2-4,7-9,11,14,19H,1,5-6,10,12H2. The van der Waals surface area contributed by atoms with Gasteiger partial charge in [0, 0.05) is 29.6 Å². The first kappa shape index (κ1) is 12.6. The summed E-state index contributed by atoms with van der Waals surface area (Å²) in [5.41, 5.74) is 3.53. The van der Waals surface area contributed by atoms with Gasteiger partial charge in [0.2, 0.25) is 0 Å². The maximum atomic E-state index is 4.69. The summed E-state index contributed by atoms with van der Waals surface area (Å²) in [5.74, 6) is 0. The second-order valence-electron chi connectivity index (χ2n) is 5.69. The molecule has 3 heterocycles. The Bertz CT molecular complexity index is 810. The molecule has 3 aromatic rings. The number of para-hydroxylation sites is 1. The molecule has 1 atom stereocenters. The third-order valence-electron chi connectivity index (χ3n) is 4.48. The van der Waals surface area contributed by atoms with Gasteiger partial charge in [-0.1, -0.05) is 30.9 Å². The van der Waals surface area contributed by atoms with Crippen molar-refractivity contribution in [2.45, 2.75) is 18.9 Å². The minimum atomic E-state index is 0.480. The highest BCUT2D eigenvalue weighted by Gasteiger charge is 2.21. The largest absolute Gasteiger partial charge is 0.321 e. The number of rotatable bonds is 2. The molecule has 1 fully saturated rings. The van der Waals surface area contributed by atoms with Gasteiger partial charge in [0.05, 0.1) is 5.52 Å². The summed E-state index contributed by atoms with van der Waals surface area (Å²) in [5, 5.41) is 6.02. The van der Waals surface area contributed by atoms with E-state index >= 15 is 0 Å². The molecule has 1 N–H and O–H groups in total. The van der Waals surface area contributed by atoms with E-state index in [9.17, 15) is 0 Å². The molecule has 0 aliphatic carbocycles. The summed E-state index contributed by atoms with van der Waals surface area (Å²) in [6.07, 6.45) is 6.26. The topological polar surface area (TPSA) is 29.9 Å². The van der Waals surface area contributed by atoms with Gasteiger partial charge in [-0.2, -0.15) is 0 Å². The van der Waals surface area contributed by atoms with Crippen LogP contribution in [0.5, 0.6) is 0 Å². The summed E-state index contributed by atoms with van der Waals surface area (Å²) in [6, 6.07) is 11.1. The zero-order valence-electron chi connectivity index (χ0n) is 12.0. The van der Waals surface area contributed by atoms with E-state index < -0.39 is 0 Å². The number of hydrogen-bond donors (Lipinski definition) is 1. The van der Waals surface area contributed by atoms with Gasteiger partial charge in [-0.3, -0.25) is 0 Å². The van der Waals surface area contributed by atoms with Gasteiger partial charge >= 0.3 is 0 Å². The molecule has 21 heavy (non-hydrogen) atoms. The molecule has 0 amide bonds. The Balaban J connectivity index is 2.09. The lowest BCUT2D eigenvalue weighted by molar-refractivity contribution is 0.384. The van der Waals surface area contributed by atoms with Crippen LogP contribution in [0, 0.1) is 0 Å². The van der Waals surface area contributed by atoms with Crippen LogP contribution in [0.3, 0.4) is 0 Å². The van der Waals surface area contributed by atoms with Crippen LogP contribution in [-0.2, 0) is 0 Å². The summed E-state index contributed by atoms with van der Waals surface area (Å²) in [4.78, 5) is 4.69. The minimum absolute atomic E-state index is 0.480. The van der Waals surface area contributed by atoms with Gasteiger partial charge in [0.25, 0.3) is 0 Å². The molecule has 0 saturated carbocycles. The molecule has 0 spiro atoms. The number of nitrogens with one attached hydrogen (secondary N) is 1. The first-order valence-corrected chi connectivity index (χ1v) is 7.61. The van der Waals surface area contributed by atoms with Gasteiger partial charge in [-0.15, -0.1) is 0 Å². The number of nitrogens with zero attached hydrogens (tertiary/aromatic N) is 2. The summed E-state index contributed by atoms with van der Waals surface area (Å²) < 4.78 is 2.42. The fourth-order valence-electron chi connectivity index (χ4n) is 3.53. The molecule has 1 unspecified atom stereocenters. The number of benzene rings is 1. The van der Waals surface area contributed by atoms with E-state index in [4.69, 9.17) is 0 Å². The molecule has 1 aromatic carbocycles. The molecule has 0 bridgehead atoms. The number of pyridine rings is 1. The van der Waals surface area contributed by atoms with Crippen LogP contribution in [0.15, 0.2) is 43.1 Å². The summed E-state index contributed by atoms with van der Waals surface area (Å²) in [7, 11) is 0. The van der Waals surface area contributed by atoms with Crippen molar-refractivity contribution in [2.24, 2.45) is 0 Å². The molecule has 1 aliphatic heterocycles. The van der Waals surface area contributed by atoms with Crippen molar-refractivity contribution in [2.75, 3.05) is 13.1 Å². The van der Waals surface area contributed by atoms with Crippen molar-refractivity contribution in [1.82, 2.24) is 14.9 Å². The monoisotopic (exact) mass is 277 g/mol. The normalized spacial score (nSPS) is 19.1. The smallest absolute Gasteiger partial charge is 0.141 e. The van der Waals surface area contributed by atoms with Crippen molar-refractivity contribution >= 4 is 28.0 Å². The molecule has 4 rings (SSSR count).